The lowest BCUT2D eigenvalue weighted by Gasteiger charge is -2.21. The van der Waals surface area contributed by atoms with Gasteiger partial charge in [-0.05, 0) is 26.0 Å². The maximum Gasteiger partial charge on any atom is 0.379 e. The standard InChI is InChI=1S/C23H17Cl2N3O6/c1-3-33-23(32)19-18(17(27-34-19)12-7-5-4-6-8-12)26-20(29)11(2)28-21(30)13-9-15(24)16(25)10-14(13)22(28)31/h4-11H,3H2,1-2H3,(H,26,29). The third-order valence-electron chi connectivity index (χ3n) is 5.17. The van der Waals surface area contributed by atoms with E-state index in [-0.39, 0.29) is 44.9 Å². The summed E-state index contributed by atoms with van der Waals surface area (Å²) in [6.07, 6.45) is 0. The Morgan fingerprint density at radius 2 is 1.68 bits per heavy atom. The summed E-state index contributed by atoms with van der Waals surface area (Å²) in [5.41, 5.74) is 0.798. The second-order valence-corrected chi connectivity index (χ2v) is 8.09. The molecule has 3 aromatic rings. The number of aromatic nitrogens is 1. The Labute approximate surface area is 203 Å². The molecule has 34 heavy (non-hydrogen) atoms. The van der Waals surface area contributed by atoms with Crippen molar-refractivity contribution in [1.29, 1.82) is 0 Å². The Morgan fingerprint density at radius 3 is 2.24 bits per heavy atom. The first-order chi connectivity index (χ1) is 16.2. The van der Waals surface area contributed by atoms with Gasteiger partial charge < -0.3 is 14.6 Å². The Bertz CT molecular complexity index is 1280. The van der Waals surface area contributed by atoms with E-state index in [4.69, 9.17) is 32.5 Å². The van der Waals surface area contributed by atoms with Gasteiger partial charge in [0.1, 0.15) is 17.4 Å². The second kappa shape index (κ2) is 9.28. The van der Waals surface area contributed by atoms with Crippen molar-refractivity contribution in [3.8, 4) is 11.3 Å². The number of carbonyl (C=O) groups is 4. The van der Waals surface area contributed by atoms with Crippen molar-refractivity contribution >= 4 is 52.6 Å². The van der Waals surface area contributed by atoms with Crippen molar-refractivity contribution in [1.82, 2.24) is 10.1 Å². The zero-order valence-corrected chi connectivity index (χ0v) is 19.4. The number of hydrogen-bond donors (Lipinski definition) is 1. The highest BCUT2D eigenvalue weighted by Gasteiger charge is 2.42. The molecule has 0 fully saturated rings. The molecule has 2 aromatic carbocycles. The number of halogens is 2. The lowest BCUT2D eigenvalue weighted by molar-refractivity contribution is -0.119. The zero-order valence-electron chi connectivity index (χ0n) is 17.9. The highest BCUT2D eigenvalue weighted by Crippen LogP contribution is 2.34. The fourth-order valence-electron chi connectivity index (χ4n) is 3.48. The van der Waals surface area contributed by atoms with Crippen molar-refractivity contribution in [3.63, 3.8) is 0 Å². The highest BCUT2D eigenvalue weighted by atomic mass is 35.5. The molecule has 174 valence electrons. The number of amides is 3. The number of ether oxygens (including phenoxy) is 1. The van der Waals surface area contributed by atoms with Gasteiger partial charge in [0, 0.05) is 5.56 Å². The number of nitrogens with zero attached hydrogens (tertiary/aromatic N) is 2. The average Bonchev–Trinajstić information content (AvgIpc) is 3.33. The maximum absolute atomic E-state index is 13.2. The number of anilines is 1. The second-order valence-electron chi connectivity index (χ2n) is 7.28. The van der Waals surface area contributed by atoms with E-state index in [0.717, 1.165) is 4.90 Å². The number of fused-ring (bicyclic) bond motifs is 1. The molecule has 1 aliphatic heterocycles. The van der Waals surface area contributed by atoms with Gasteiger partial charge >= 0.3 is 5.97 Å². The molecule has 4 rings (SSSR count). The van der Waals surface area contributed by atoms with Crippen LogP contribution in [0.15, 0.2) is 47.0 Å². The van der Waals surface area contributed by atoms with E-state index in [9.17, 15) is 19.2 Å². The van der Waals surface area contributed by atoms with Gasteiger partial charge in [0.15, 0.2) is 0 Å². The summed E-state index contributed by atoms with van der Waals surface area (Å²) in [6.45, 7) is 3.07. The molecule has 0 saturated carbocycles. The van der Waals surface area contributed by atoms with Crippen molar-refractivity contribution < 1.29 is 28.4 Å². The van der Waals surface area contributed by atoms with E-state index in [0.29, 0.717) is 5.56 Å². The minimum absolute atomic E-state index is 0.0378. The van der Waals surface area contributed by atoms with Crippen LogP contribution in [0.1, 0.15) is 45.1 Å². The van der Waals surface area contributed by atoms with Crippen LogP contribution in [0, 0.1) is 0 Å². The minimum atomic E-state index is -1.25. The third kappa shape index (κ3) is 4.04. The molecule has 1 aliphatic rings. The molecule has 2 heterocycles. The quantitative estimate of drug-likeness (QED) is 0.391. The predicted molar refractivity (Wildman–Crippen MR) is 123 cm³/mol. The molecular formula is C23H17Cl2N3O6. The number of imide groups is 1. The molecule has 0 saturated heterocycles. The Kier molecular flexibility index (Phi) is 6.41. The number of hydrogen-bond acceptors (Lipinski definition) is 7. The van der Waals surface area contributed by atoms with Gasteiger partial charge in [0.05, 0.1) is 27.8 Å². The van der Waals surface area contributed by atoms with E-state index in [2.05, 4.69) is 10.5 Å². The van der Waals surface area contributed by atoms with Crippen LogP contribution in [0.3, 0.4) is 0 Å². The van der Waals surface area contributed by atoms with Crippen molar-refractivity contribution in [2.45, 2.75) is 19.9 Å². The SMILES string of the molecule is CCOC(=O)c1onc(-c2ccccc2)c1NC(=O)C(C)N1C(=O)c2cc(Cl)c(Cl)cc2C1=O. The predicted octanol–water partition coefficient (Wildman–Crippen LogP) is 4.45. The number of carbonyl (C=O) groups excluding carboxylic acids is 4. The fourth-order valence-corrected chi connectivity index (χ4v) is 3.81. The van der Waals surface area contributed by atoms with Crippen molar-refractivity contribution in [3.05, 3.63) is 69.4 Å². The Morgan fingerprint density at radius 1 is 1.09 bits per heavy atom. The normalized spacial score (nSPS) is 13.6. The topological polar surface area (TPSA) is 119 Å². The summed E-state index contributed by atoms with van der Waals surface area (Å²) >= 11 is 12.0. The van der Waals surface area contributed by atoms with Gasteiger partial charge in [-0.3, -0.25) is 19.3 Å². The van der Waals surface area contributed by atoms with Crippen LogP contribution < -0.4 is 5.32 Å². The van der Waals surface area contributed by atoms with E-state index in [1.807, 2.05) is 0 Å². The van der Waals surface area contributed by atoms with Crippen LogP contribution in [0.4, 0.5) is 5.69 Å². The van der Waals surface area contributed by atoms with E-state index in [1.54, 1.807) is 37.3 Å². The number of benzene rings is 2. The molecule has 0 radical (unpaired) electrons. The molecule has 3 amide bonds. The van der Waals surface area contributed by atoms with Crippen molar-refractivity contribution in [2.24, 2.45) is 0 Å². The first-order valence-electron chi connectivity index (χ1n) is 10.1. The van der Waals surface area contributed by atoms with Gasteiger partial charge in [0.25, 0.3) is 17.6 Å². The van der Waals surface area contributed by atoms with Crippen LogP contribution in [0.2, 0.25) is 10.0 Å². The summed E-state index contributed by atoms with van der Waals surface area (Å²) in [6, 6.07) is 10.0. The first kappa shape index (κ1) is 23.5. The maximum atomic E-state index is 13.2. The molecule has 9 nitrogen and oxygen atoms in total. The average molecular weight is 502 g/mol. The number of nitrogens with one attached hydrogen (secondary N) is 1. The van der Waals surface area contributed by atoms with Crippen LogP contribution >= 0.6 is 23.2 Å². The lowest BCUT2D eigenvalue weighted by Crippen LogP contribution is -2.45. The van der Waals surface area contributed by atoms with Gasteiger partial charge in [0.2, 0.25) is 5.91 Å². The summed E-state index contributed by atoms with van der Waals surface area (Å²) in [5, 5.41) is 6.70. The van der Waals surface area contributed by atoms with Gasteiger partial charge in [-0.15, -0.1) is 0 Å². The van der Waals surface area contributed by atoms with Gasteiger partial charge in [-0.25, -0.2) is 4.79 Å². The van der Waals surface area contributed by atoms with Crippen LogP contribution in [0.25, 0.3) is 11.3 Å². The lowest BCUT2D eigenvalue weighted by atomic mass is 10.1. The van der Waals surface area contributed by atoms with Gasteiger partial charge in [-0.1, -0.05) is 58.7 Å². The molecule has 0 bridgehead atoms. The monoisotopic (exact) mass is 501 g/mol. The summed E-state index contributed by atoms with van der Waals surface area (Å²) in [5.74, 6) is -3.29. The van der Waals surface area contributed by atoms with E-state index < -0.39 is 29.7 Å². The molecule has 1 unspecified atom stereocenters. The molecule has 1 aromatic heterocycles. The summed E-state index contributed by atoms with van der Waals surface area (Å²) in [7, 11) is 0. The molecule has 1 N–H and O–H groups in total. The van der Waals surface area contributed by atoms with E-state index >= 15 is 0 Å². The van der Waals surface area contributed by atoms with E-state index in [1.165, 1.54) is 19.1 Å². The molecule has 1 atom stereocenters. The number of esters is 1. The van der Waals surface area contributed by atoms with Gasteiger partial charge in [-0.2, -0.15) is 0 Å². The zero-order chi connectivity index (χ0) is 24.6. The summed E-state index contributed by atoms with van der Waals surface area (Å²) < 4.78 is 10.2. The molecular weight excluding hydrogens is 485 g/mol. The largest absolute Gasteiger partial charge is 0.460 e. The van der Waals surface area contributed by atoms with Crippen LogP contribution in [0.5, 0.6) is 0 Å². The molecule has 0 aliphatic carbocycles. The first-order valence-corrected chi connectivity index (χ1v) is 10.9. The van der Waals surface area contributed by atoms with Crippen LogP contribution in [-0.4, -0.2) is 46.4 Å². The smallest absolute Gasteiger partial charge is 0.379 e. The Balaban J connectivity index is 1.66. The Hall–Kier alpha value is -3.69. The summed E-state index contributed by atoms with van der Waals surface area (Å²) in [4.78, 5) is 52.1. The van der Waals surface area contributed by atoms with Crippen LogP contribution in [-0.2, 0) is 9.53 Å². The highest BCUT2D eigenvalue weighted by molar-refractivity contribution is 6.43. The molecule has 11 heteroatoms. The van der Waals surface area contributed by atoms with Crippen molar-refractivity contribution in [2.75, 3.05) is 11.9 Å². The minimum Gasteiger partial charge on any atom is -0.460 e. The fraction of sp³-hybridized carbons (Fsp3) is 0.174. The molecule has 0 spiro atoms. The number of rotatable bonds is 6. The third-order valence-corrected chi connectivity index (χ3v) is 5.90.